The van der Waals surface area contributed by atoms with Gasteiger partial charge in [0.1, 0.15) is 18.1 Å². The molecule has 0 unspecified atom stereocenters. The number of hydrogen-bond acceptors (Lipinski definition) is 7. The largest absolute Gasteiger partial charge is 0.480 e. The molecular formula is C24H48N8O5. The summed E-state index contributed by atoms with van der Waals surface area (Å²) in [4.78, 5) is 54.4. The molecule has 0 saturated carbocycles. The van der Waals surface area contributed by atoms with E-state index in [1.165, 1.54) is 0 Å². The van der Waals surface area contributed by atoms with Crippen molar-refractivity contribution in [1.29, 1.82) is 0 Å². The van der Waals surface area contributed by atoms with Gasteiger partial charge in [0.25, 0.3) is 0 Å². The second kappa shape index (κ2) is 18.3. The predicted molar refractivity (Wildman–Crippen MR) is 143 cm³/mol. The maximum Gasteiger partial charge on any atom is 0.326 e. The third-order valence-electron chi connectivity index (χ3n) is 6.00. The van der Waals surface area contributed by atoms with Gasteiger partial charge in [-0.2, -0.15) is 0 Å². The second-order valence-corrected chi connectivity index (χ2v) is 9.80. The van der Waals surface area contributed by atoms with Gasteiger partial charge in [0, 0.05) is 6.54 Å². The highest BCUT2D eigenvalue weighted by molar-refractivity contribution is 5.94. The zero-order valence-electron chi connectivity index (χ0n) is 22.7. The van der Waals surface area contributed by atoms with E-state index in [-0.39, 0.29) is 24.2 Å². The summed E-state index contributed by atoms with van der Waals surface area (Å²) in [5, 5.41) is 17.5. The number of hydrogen-bond donors (Lipinski definition) is 8. The number of carboxylic acid groups (broad SMARTS) is 1. The van der Waals surface area contributed by atoms with Gasteiger partial charge in [0.2, 0.25) is 17.7 Å². The molecule has 0 rings (SSSR count). The summed E-state index contributed by atoms with van der Waals surface area (Å²) >= 11 is 0. The normalized spacial score (nSPS) is 15.1. The molecule has 0 saturated heterocycles. The first-order chi connectivity index (χ1) is 17.3. The molecule has 214 valence electrons. The lowest BCUT2D eigenvalue weighted by molar-refractivity contribution is -0.143. The van der Waals surface area contributed by atoms with Gasteiger partial charge in [-0.15, -0.1) is 0 Å². The van der Waals surface area contributed by atoms with Crippen LogP contribution in [0.15, 0.2) is 4.99 Å². The Hall–Kier alpha value is -2.93. The maximum absolute atomic E-state index is 13.2. The van der Waals surface area contributed by atoms with Crippen LogP contribution in [0.1, 0.15) is 72.6 Å². The van der Waals surface area contributed by atoms with Crippen molar-refractivity contribution in [3.8, 4) is 0 Å². The zero-order chi connectivity index (χ0) is 28.5. The van der Waals surface area contributed by atoms with Gasteiger partial charge in [-0.05, 0) is 56.9 Å². The first kappa shape index (κ1) is 34.1. The Morgan fingerprint density at radius 3 is 2.00 bits per heavy atom. The van der Waals surface area contributed by atoms with E-state index in [2.05, 4.69) is 20.9 Å². The van der Waals surface area contributed by atoms with E-state index in [4.69, 9.17) is 22.9 Å². The quantitative estimate of drug-likeness (QED) is 0.0589. The molecule has 0 aromatic carbocycles. The van der Waals surface area contributed by atoms with Crippen LogP contribution in [0, 0.1) is 11.8 Å². The highest BCUT2D eigenvalue weighted by atomic mass is 16.4. The highest BCUT2D eigenvalue weighted by Gasteiger charge is 2.32. The summed E-state index contributed by atoms with van der Waals surface area (Å²) in [6.45, 7) is 8.12. The van der Waals surface area contributed by atoms with Crippen LogP contribution in [0.4, 0.5) is 0 Å². The van der Waals surface area contributed by atoms with Crippen molar-refractivity contribution >= 4 is 29.7 Å². The molecule has 0 aliphatic carbocycles. The fourth-order valence-corrected chi connectivity index (χ4v) is 3.60. The number of aliphatic carboxylic acids is 1. The van der Waals surface area contributed by atoms with Gasteiger partial charge >= 0.3 is 5.97 Å². The van der Waals surface area contributed by atoms with Gasteiger partial charge in [-0.3, -0.25) is 19.4 Å². The Morgan fingerprint density at radius 2 is 1.49 bits per heavy atom. The first-order valence-electron chi connectivity index (χ1n) is 13.0. The molecule has 0 aliphatic rings. The number of rotatable bonds is 19. The fraction of sp³-hybridized carbons (Fsp3) is 0.792. The highest BCUT2D eigenvalue weighted by Crippen LogP contribution is 2.12. The van der Waals surface area contributed by atoms with Crippen LogP contribution >= 0.6 is 0 Å². The number of amides is 3. The van der Waals surface area contributed by atoms with Crippen LogP contribution < -0.4 is 38.9 Å². The third-order valence-corrected chi connectivity index (χ3v) is 6.00. The van der Waals surface area contributed by atoms with E-state index >= 15 is 0 Å². The Labute approximate surface area is 219 Å². The fourth-order valence-electron chi connectivity index (χ4n) is 3.60. The molecule has 0 aromatic heterocycles. The standard InChI is InChI=1S/C24H48N8O5/c1-5-15(4)19(22(35)31-18(23(36)37)13-14(2)3)32-21(34)17(10-6-7-11-25)30-20(33)16(26)9-8-12-29-24(27)28/h14-19H,5-13,25-26H2,1-4H3,(H,30,33)(H,31,35)(H,32,34)(H,36,37)(H4,27,28,29)/t15-,16-,17-,18-,19-/m0/s1. The SMILES string of the molecule is CC[C@H](C)[C@H](NC(=O)[C@H](CCCCN)NC(=O)[C@@H](N)CCCN=C(N)N)C(=O)N[C@@H](CC(C)C)C(=O)O. The summed E-state index contributed by atoms with van der Waals surface area (Å²) in [7, 11) is 0. The summed E-state index contributed by atoms with van der Waals surface area (Å²) in [6.07, 6.45) is 3.12. The molecule has 3 amide bonds. The number of carbonyl (C=O) groups is 4. The topological polar surface area (TPSA) is 241 Å². The summed E-state index contributed by atoms with van der Waals surface area (Å²) in [5.74, 6) is -3.07. The maximum atomic E-state index is 13.2. The Balaban J connectivity index is 5.48. The molecule has 13 nitrogen and oxygen atoms in total. The number of carbonyl (C=O) groups excluding carboxylic acids is 3. The van der Waals surface area contributed by atoms with Crippen LogP contribution in [-0.4, -0.2) is 72.0 Å². The monoisotopic (exact) mass is 528 g/mol. The van der Waals surface area contributed by atoms with E-state index in [0.29, 0.717) is 51.6 Å². The second-order valence-electron chi connectivity index (χ2n) is 9.80. The Kier molecular flexibility index (Phi) is 16.9. The van der Waals surface area contributed by atoms with Crippen molar-refractivity contribution in [3.63, 3.8) is 0 Å². The van der Waals surface area contributed by atoms with Crippen molar-refractivity contribution in [3.05, 3.63) is 0 Å². The molecule has 5 atom stereocenters. The van der Waals surface area contributed by atoms with Crippen molar-refractivity contribution in [2.24, 2.45) is 39.8 Å². The Bertz CT molecular complexity index is 757. The van der Waals surface area contributed by atoms with Gasteiger partial charge in [-0.1, -0.05) is 34.1 Å². The van der Waals surface area contributed by atoms with Crippen LogP contribution in [0.5, 0.6) is 0 Å². The van der Waals surface area contributed by atoms with E-state index < -0.39 is 47.9 Å². The van der Waals surface area contributed by atoms with Crippen LogP contribution in [-0.2, 0) is 19.2 Å². The van der Waals surface area contributed by atoms with Crippen molar-refractivity contribution < 1.29 is 24.3 Å². The van der Waals surface area contributed by atoms with E-state index in [9.17, 15) is 24.3 Å². The molecule has 0 bridgehead atoms. The molecule has 37 heavy (non-hydrogen) atoms. The molecule has 0 radical (unpaired) electrons. The predicted octanol–water partition coefficient (Wildman–Crippen LogP) is -0.872. The van der Waals surface area contributed by atoms with Gasteiger partial charge in [-0.25, -0.2) is 4.79 Å². The summed E-state index contributed by atoms with van der Waals surface area (Å²) in [5.41, 5.74) is 22.1. The lowest BCUT2D eigenvalue weighted by Crippen LogP contribution is -2.58. The number of nitrogens with two attached hydrogens (primary N) is 4. The minimum Gasteiger partial charge on any atom is -0.480 e. The molecule has 12 N–H and O–H groups in total. The lowest BCUT2D eigenvalue weighted by Gasteiger charge is -2.28. The molecule has 0 fully saturated rings. The average Bonchev–Trinajstić information content (AvgIpc) is 2.82. The van der Waals surface area contributed by atoms with Crippen molar-refractivity contribution in [1.82, 2.24) is 16.0 Å². The minimum atomic E-state index is -1.14. The molecular weight excluding hydrogens is 480 g/mol. The summed E-state index contributed by atoms with van der Waals surface area (Å²) < 4.78 is 0. The molecule has 0 spiro atoms. The smallest absolute Gasteiger partial charge is 0.326 e. The minimum absolute atomic E-state index is 0.0452. The van der Waals surface area contributed by atoms with Crippen LogP contribution in [0.25, 0.3) is 0 Å². The third kappa shape index (κ3) is 14.4. The first-order valence-corrected chi connectivity index (χ1v) is 13.0. The van der Waals surface area contributed by atoms with Gasteiger partial charge in [0.05, 0.1) is 6.04 Å². The molecule has 0 aromatic rings. The van der Waals surface area contributed by atoms with Gasteiger partial charge in [0.15, 0.2) is 5.96 Å². The lowest BCUT2D eigenvalue weighted by atomic mass is 9.96. The van der Waals surface area contributed by atoms with Gasteiger partial charge < -0.3 is 44.0 Å². The average molecular weight is 529 g/mol. The molecule has 0 aliphatic heterocycles. The number of guanidine groups is 1. The summed E-state index contributed by atoms with van der Waals surface area (Å²) in [6, 6.07) is -3.87. The van der Waals surface area contributed by atoms with Crippen LogP contribution in [0.3, 0.4) is 0 Å². The van der Waals surface area contributed by atoms with E-state index in [0.717, 1.165) is 0 Å². The Morgan fingerprint density at radius 1 is 0.865 bits per heavy atom. The number of nitrogens with zero attached hydrogens (tertiary/aromatic N) is 1. The molecule has 0 heterocycles. The number of aliphatic imine (C=N–C) groups is 1. The number of nitrogens with one attached hydrogen (secondary N) is 3. The zero-order valence-corrected chi connectivity index (χ0v) is 22.7. The number of unbranched alkanes of at least 4 members (excludes halogenated alkanes) is 1. The van der Waals surface area contributed by atoms with Crippen LogP contribution in [0.2, 0.25) is 0 Å². The van der Waals surface area contributed by atoms with E-state index in [1.54, 1.807) is 6.92 Å². The van der Waals surface area contributed by atoms with E-state index in [1.807, 2.05) is 20.8 Å². The van der Waals surface area contributed by atoms with Crippen molar-refractivity contribution in [2.75, 3.05) is 13.1 Å². The molecule has 13 heteroatoms. The number of carboxylic acids is 1. The van der Waals surface area contributed by atoms with Crippen molar-refractivity contribution in [2.45, 2.75) is 96.8 Å².